The Bertz CT molecular complexity index is 1010. The van der Waals surface area contributed by atoms with Gasteiger partial charge in [0.15, 0.2) is 0 Å². The molecule has 0 aromatic heterocycles. The van der Waals surface area contributed by atoms with Gasteiger partial charge in [-0.2, -0.15) is 5.10 Å². The van der Waals surface area contributed by atoms with Gasteiger partial charge in [0, 0.05) is 31.5 Å². The molecule has 1 fully saturated rings. The molecule has 7 nitrogen and oxygen atoms in total. The van der Waals surface area contributed by atoms with Gasteiger partial charge in [0.2, 0.25) is 5.91 Å². The molecule has 2 heterocycles. The van der Waals surface area contributed by atoms with Crippen molar-refractivity contribution in [3.05, 3.63) is 75.3 Å². The van der Waals surface area contributed by atoms with Crippen molar-refractivity contribution in [3.63, 3.8) is 0 Å². The minimum Gasteiger partial charge on any atom is -0.303 e. The van der Waals surface area contributed by atoms with Crippen LogP contribution in [-0.2, 0) is 4.79 Å². The van der Waals surface area contributed by atoms with Gasteiger partial charge in [-0.1, -0.05) is 48.9 Å². The Hall–Kier alpha value is -3.06. The minimum absolute atomic E-state index is 0.0288. The summed E-state index contributed by atoms with van der Waals surface area (Å²) in [6, 6.07) is 14.3. The van der Waals surface area contributed by atoms with Crippen molar-refractivity contribution in [2.45, 2.75) is 45.6 Å². The van der Waals surface area contributed by atoms with Crippen LogP contribution in [0.15, 0.2) is 53.6 Å². The van der Waals surface area contributed by atoms with E-state index in [1.54, 1.807) is 17.1 Å². The summed E-state index contributed by atoms with van der Waals surface area (Å²) < 4.78 is 0. The Kier molecular flexibility index (Phi) is 6.65. The lowest BCUT2D eigenvalue weighted by atomic mass is 9.97. The summed E-state index contributed by atoms with van der Waals surface area (Å²) >= 11 is 0. The van der Waals surface area contributed by atoms with Gasteiger partial charge in [-0.15, -0.1) is 0 Å². The molecule has 7 heteroatoms. The number of nitro benzene ring substituents is 1. The molecule has 4 rings (SSSR count). The van der Waals surface area contributed by atoms with Crippen molar-refractivity contribution >= 4 is 17.3 Å². The summed E-state index contributed by atoms with van der Waals surface area (Å²) in [6.45, 7) is 7.08. The van der Waals surface area contributed by atoms with E-state index in [0.717, 1.165) is 48.0 Å². The van der Waals surface area contributed by atoms with E-state index < -0.39 is 4.92 Å². The monoisotopic (exact) mass is 434 g/mol. The van der Waals surface area contributed by atoms with E-state index in [4.69, 9.17) is 5.10 Å². The lowest BCUT2D eigenvalue weighted by molar-refractivity contribution is -0.384. The second-order valence-electron chi connectivity index (χ2n) is 9.00. The van der Waals surface area contributed by atoms with Crippen LogP contribution in [0.2, 0.25) is 0 Å². The fourth-order valence-electron chi connectivity index (χ4n) is 4.42. The van der Waals surface area contributed by atoms with Gasteiger partial charge in [0.05, 0.1) is 16.7 Å². The number of nitro groups is 1. The SMILES string of the molecule is Cc1ccc(C2=NN(C(=O)CCN3CCC(C)CC3)[C@H](c3cccc([N+](=O)[O-])c3)C2)cc1. The number of carbonyl (C=O) groups is 1. The average molecular weight is 435 g/mol. The first-order chi connectivity index (χ1) is 15.4. The van der Waals surface area contributed by atoms with Crippen LogP contribution in [0.4, 0.5) is 5.69 Å². The predicted molar refractivity (Wildman–Crippen MR) is 124 cm³/mol. The number of aryl methyl sites for hydroxylation is 1. The summed E-state index contributed by atoms with van der Waals surface area (Å²) in [5.41, 5.74) is 3.74. The molecule has 0 aliphatic carbocycles. The number of piperidine rings is 1. The Labute approximate surface area is 188 Å². The van der Waals surface area contributed by atoms with Crippen molar-refractivity contribution in [3.8, 4) is 0 Å². The molecule has 1 amide bonds. The Morgan fingerprint density at radius 2 is 1.88 bits per heavy atom. The second kappa shape index (κ2) is 9.61. The molecule has 168 valence electrons. The number of nitrogens with zero attached hydrogens (tertiary/aromatic N) is 4. The van der Waals surface area contributed by atoms with E-state index in [-0.39, 0.29) is 17.6 Å². The van der Waals surface area contributed by atoms with Crippen molar-refractivity contribution in [1.82, 2.24) is 9.91 Å². The molecule has 2 aromatic carbocycles. The highest BCUT2D eigenvalue weighted by Gasteiger charge is 2.34. The highest BCUT2D eigenvalue weighted by molar-refractivity contribution is 6.03. The molecular formula is C25H30N4O3. The van der Waals surface area contributed by atoms with E-state index in [1.807, 2.05) is 37.3 Å². The zero-order valence-electron chi connectivity index (χ0n) is 18.7. The van der Waals surface area contributed by atoms with Gasteiger partial charge in [-0.25, -0.2) is 5.01 Å². The first kappa shape index (κ1) is 22.1. The van der Waals surface area contributed by atoms with Gasteiger partial charge in [0.25, 0.3) is 5.69 Å². The number of hydrazone groups is 1. The maximum atomic E-state index is 13.2. The summed E-state index contributed by atoms with van der Waals surface area (Å²) in [6.07, 6.45) is 3.27. The first-order valence-electron chi connectivity index (χ1n) is 11.3. The number of likely N-dealkylation sites (tertiary alicyclic amines) is 1. The molecule has 0 saturated carbocycles. The molecular weight excluding hydrogens is 404 g/mol. The first-order valence-corrected chi connectivity index (χ1v) is 11.3. The topological polar surface area (TPSA) is 79.0 Å². The highest BCUT2D eigenvalue weighted by atomic mass is 16.6. The summed E-state index contributed by atoms with van der Waals surface area (Å²) in [7, 11) is 0. The normalized spacial score (nSPS) is 19.8. The number of hydrogen-bond acceptors (Lipinski definition) is 5. The fourth-order valence-corrected chi connectivity index (χ4v) is 4.42. The fraction of sp³-hybridized carbons (Fsp3) is 0.440. The van der Waals surface area contributed by atoms with Crippen molar-refractivity contribution in [2.24, 2.45) is 11.0 Å². The zero-order valence-corrected chi connectivity index (χ0v) is 18.7. The third-order valence-corrected chi connectivity index (χ3v) is 6.53. The van der Waals surface area contributed by atoms with Crippen LogP contribution in [0.1, 0.15) is 55.3 Å². The second-order valence-corrected chi connectivity index (χ2v) is 9.00. The van der Waals surface area contributed by atoms with Crippen LogP contribution in [0.3, 0.4) is 0 Å². The Morgan fingerprint density at radius 1 is 1.16 bits per heavy atom. The summed E-state index contributed by atoms with van der Waals surface area (Å²) in [5, 5.41) is 17.6. The molecule has 0 N–H and O–H groups in total. The lowest BCUT2D eigenvalue weighted by Crippen LogP contribution is -2.36. The smallest absolute Gasteiger partial charge is 0.269 e. The van der Waals surface area contributed by atoms with E-state index in [1.165, 1.54) is 18.9 Å². The molecule has 0 radical (unpaired) electrons. The van der Waals surface area contributed by atoms with Crippen LogP contribution >= 0.6 is 0 Å². The average Bonchev–Trinajstić information content (AvgIpc) is 3.25. The maximum absolute atomic E-state index is 13.2. The number of amides is 1. The van der Waals surface area contributed by atoms with Crippen LogP contribution in [0.25, 0.3) is 0 Å². The van der Waals surface area contributed by atoms with Gasteiger partial charge < -0.3 is 4.90 Å². The molecule has 0 bridgehead atoms. The predicted octanol–water partition coefficient (Wildman–Crippen LogP) is 4.70. The Balaban J connectivity index is 1.55. The molecule has 0 spiro atoms. The largest absolute Gasteiger partial charge is 0.303 e. The lowest BCUT2D eigenvalue weighted by Gasteiger charge is -2.30. The van der Waals surface area contributed by atoms with Gasteiger partial charge >= 0.3 is 0 Å². The highest BCUT2D eigenvalue weighted by Crippen LogP contribution is 2.34. The van der Waals surface area contributed by atoms with Crippen LogP contribution in [-0.4, -0.2) is 46.1 Å². The number of non-ortho nitro benzene ring substituents is 1. The number of carbonyl (C=O) groups excluding carboxylic acids is 1. The molecule has 2 aliphatic rings. The van der Waals surface area contributed by atoms with Crippen LogP contribution in [0.5, 0.6) is 0 Å². The van der Waals surface area contributed by atoms with E-state index in [0.29, 0.717) is 12.8 Å². The van der Waals surface area contributed by atoms with E-state index in [2.05, 4.69) is 11.8 Å². The molecule has 0 unspecified atom stereocenters. The quantitative estimate of drug-likeness (QED) is 0.487. The van der Waals surface area contributed by atoms with E-state index in [9.17, 15) is 14.9 Å². The summed E-state index contributed by atoms with van der Waals surface area (Å²) in [4.78, 5) is 26.5. The van der Waals surface area contributed by atoms with Crippen LogP contribution in [0, 0.1) is 23.0 Å². The van der Waals surface area contributed by atoms with Gasteiger partial charge in [0.1, 0.15) is 0 Å². The van der Waals surface area contributed by atoms with Crippen molar-refractivity contribution in [2.75, 3.05) is 19.6 Å². The zero-order chi connectivity index (χ0) is 22.7. The molecule has 32 heavy (non-hydrogen) atoms. The van der Waals surface area contributed by atoms with E-state index >= 15 is 0 Å². The maximum Gasteiger partial charge on any atom is 0.269 e. The molecule has 1 saturated heterocycles. The number of rotatable bonds is 6. The molecule has 2 aromatic rings. The van der Waals surface area contributed by atoms with Crippen molar-refractivity contribution < 1.29 is 9.72 Å². The van der Waals surface area contributed by atoms with Gasteiger partial charge in [-0.05, 0) is 49.9 Å². The Morgan fingerprint density at radius 3 is 2.56 bits per heavy atom. The number of benzene rings is 2. The molecule has 2 aliphatic heterocycles. The van der Waals surface area contributed by atoms with Gasteiger partial charge in [-0.3, -0.25) is 14.9 Å². The standard InChI is InChI=1S/C25H30N4O3/c1-18-6-8-20(9-7-18)23-17-24(21-4-3-5-22(16-21)29(31)32)28(26-23)25(30)12-15-27-13-10-19(2)11-14-27/h3-9,16,19,24H,10-15,17H2,1-2H3/t24-/m0/s1. The molecule has 1 atom stereocenters. The third kappa shape index (κ3) is 5.05. The minimum atomic E-state index is -0.399. The van der Waals surface area contributed by atoms with Crippen LogP contribution < -0.4 is 0 Å². The number of hydrogen-bond donors (Lipinski definition) is 0. The van der Waals surface area contributed by atoms with Crippen molar-refractivity contribution in [1.29, 1.82) is 0 Å². The summed E-state index contributed by atoms with van der Waals surface area (Å²) in [5.74, 6) is 0.711. The third-order valence-electron chi connectivity index (χ3n) is 6.53.